The van der Waals surface area contributed by atoms with Crippen LogP contribution in [0.15, 0.2) is 0 Å². The van der Waals surface area contributed by atoms with Gasteiger partial charge in [0.1, 0.15) is 0 Å². The summed E-state index contributed by atoms with van der Waals surface area (Å²) in [6, 6.07) is 0. The molecule has 1 saturated carbocycles. The summed E-state index contributed by atoms with van der Waals surface area (Å²) < 4.78 is 28.2. The molecule has 3 unspecified atom stereocenters. The van der Waals surface area contributed by atoms with Gasteiger partial charge < -0.3 is 4.74 Å². The summed E-state index contributed by atoms with van der Waals surface area (Å²) in [5, 5.41) is 5.09. The van der Waals surface area contributed by atoms with E-state index in [1.807, 2.05) is 6.92 Å². The van der Waals surface area contributed by atoms with Gasteiger partial charge in [-0.05, 0) is 24.7 Å². The molecule has 1 rings (SSSR count). The molecule has 0 aromatic heterocycles. The first-order valence-electron chi connectivity index (χ1n) is 7.08. The quantitative estimate of drug-likeness (QED) is 0.776. The van der Waals surface area contributed by atoms with Crippen LogP contribution >= 0.6 is 0 Å². The molecule has 4 nitrogen and oxygen atoms in total. The SMILES string of the molecule is CCC(COC1CCCCC1CC)CS(N)(=O)=O. The number of rotatable bonds is 7. The maximum atomic E-state index is 11.1. The van der Waals surface area contributed by atoms with Gasteiger partial charge in [-0.25, -0.2) is 13.6 Å². The van der Waals surface area contributed by atoms with Crippen molar-refractivity contribution in [3.05, 3.63) is 0 Å². The van der Waals surface area contributed by atoms with Crippen molar-refractivity contribution in [1.29, 1.82) is 0 Å². The fourth-order valence-electron chi connectivity index (χ4n) is 2.73. The molecule has 0 aliphatic heterocycles. The molecule has 0 heterocycles. The van der Waals surface area contributed by atoms with E-state index in [0.717, 1.165) is 19.3 Å². The van der Waals surface area contributed by atoms with E-state index >= 15 is 0 Å². The minimum atomic E-state index is -3.39. The van der Waals surface area contributed by atoms with Crippen molar-refractivity contribution in [2.75, 3.05) is 12.4 Å². The third-order valence-electron chi connectivity index (χ3n) is 3.96. The van der Waals surface area contributed by atoms with E-state index in [4.69, 9.17) is 9.88 Å². The number of ether oxygens (including phenoxy) is 1. The van der Waals surface area contributed by atoms with Crippen LogP contribution in [0.5, 0.6) is 0 Å². The average Bonchev–Trinajstić information content (AvgIpc) is 2.33. The van der Waals surface area contributed by atoms with Gasteiger partial charge in [0.25, 0.3) is 0 Å². The maximum Gasteiger partial charge on any atom is 0.209 e. The maximum absolute atomic E-state index is 11.1. The summed E-state index contributed by atoms with van der Waals surface area (Å²) in [5.41, 5.74) is 0. The van der Waals surface area contributed by atoms with Crippen LogP contribution in [0.25, 0.3) is 0 Å². The summed E-state index contributed by atoms with van der Waals surface area (Å²) >= 11 is 0. The molecular weight excluding hydrogens is 250 g/mol. The van der Waals surface area contributed by atoms with E-state index in [1.54, 1.807) is 0 Å². The smallest absolute Gasteiger partial charge is 0.209 e. The van der Waals surface area contributed by atoms with Crippen LogP contribution in [-0.4, -0.2) is 26.9 Å². The molecule has 1 fully saturated rings. The third kappa shape index (κ3) is 5.67. The predicted molar refractivity (Wildman–Crippen MR) is 73.7 cm³/mol. The van der Waals surface area contributed by atoms with Gasteiger partial charge in [0.2, 0.25) is 10.0 Å². The zero-order chi connectivity index (χ0) is 13.6. The third-order valence-corrected chi connectivity index (χ3v) is 4.89. The number of sulfonamides is 1. The predicted octanol–water partition coefficient (Wildman–Crippen LogP) is 2.29. The molecule has 1 aliphatic carbocycles. The first kappa shape index (κ1) is 15.9. The molecule has 18 heavy (non-hydrogen) atoms. The van der Waals surface area contributed by atoms with Crippen LogP contribution in [0.1, 0.15) is 52.4 Å². The number of primary sulfonamides is 1. The monoisotopic (exact) mass is 277 g/mol. The lowest BCUT2D eigenvalue weighted by atomic mass is 9.84. The lowest BCUT2D eigenvalue weighted by Gasteiger charge is -2.31. The van der Waals surface area contributed by atoms with Gasteiger partial charge in [0.15, 0.2) is 0 Å². The molecule has 0 radical (unpaired) electrons. The van der Waals surface area contributed by atoms with Crippen molar-refractivity contribution in [1.82, 2.24) is 0 Å². The Morgan fingerprint density at radius 1 is 1.28 bits per heavy atom. The van der Waals surface area contributed by atoms with Gasteiger partial charge in [0.05, 0.1) is 18.5 Å². The van der Waals surface area contributed by atoms with Gasteiger partial charge in [-0.3, -0.25) is 0 Å². The minimum absolute atomic E-state index is 0.0273. The fourth-order valence-corrected chi connectivity index (χ4v) is 3.72. The zero-order valence-corrected chi connectivity index (χ0v) is 12.4. The molecule has 0 aromatic rings. The van der Waals surface area contributed by atoms with Crippen LogP contribution in [0.4, 0.5) is 0 Å². The first-order chi connectivity index (χ1) is 8.46. The average molecular weight is 277 g/mol. The molecule has 0 saturated heterocycles. The molecular formula is C13H27NO3S. The molecule has 5 heteroatoms. The van der Waals surface area contributed by atoms with E-state index in [0.29, 0.717) is 18.6 Å². The van der Waals surface area contributed by atoms with Crippen molar-refractivity contribution < 1.29 is 13.2 Å². The van der Waals surface area contributed by atoms with Gasteiger partial charge in [-0.15, -0.1) is 0 Å². The van der Waals surface area contributed by atoms with E-state index < -0.39 is 10.0 Å². The van der Waals surface area contributed by atoms with Crippen LogP contribution in [0.3, 0.4) is 0 Å². The van der Waals surface area contributed by atoms with Crippen molar-refractivity contribution in [3.8, 4) is 0 Å². The second-order valence-electron chi connectivity index (χ2n) is 5.43. The summed E-state index contributed by atoms with van der Waals surface area (Å²) in [6.07, 6.45) is 7.15. The van der Waals surface area contributed by atoms with Crippen molar-refractivity contribution in [2.45, 2.75) is 58.5 Å². The van der Waals surface area contributed by atoms with E-state index in [9.17, 15) is 8.42 Å². The standard InChI is InChI=1S/C13H27NO3S/c1-3-11(10-18(14,15)16)9-17-13-8-6-5-7-12(13)4-2/h11-13H,3-10H2,1-2H3,(H2,14,15,16). The molecule has 0 spiro atoms. The zero-order valence-electron chi connectivity index (χ0n) is 11.6. The topological polar surface area (TPSA) is 69.4 Å². The molecule has 0 bridgehead atoms. The highest BCUT2D eigenvalue weighted by molar-refractivity contribution is 7.89. The summed E-state index contributed by atoms with van der Waals surface area (Å²) in [7, 11) is -3.39. The number of hydrogen-bond donors (Lipinski definition) is 1. The summed E-state index contributed by atoms with van der Waals surface area (Å²) in [4.78, 5) is 0. The Morgan fingerprint density at radius 3 is 2.50 bits per heavy atom. The normalized spacial score (nSPS) is 27.1. The molecule has 2 N–H and O–H groups in total. The van der Waals surface area contributed by atoms with Crippen LogP contribution in [0, 0.1) is 11.8 Å². The molecule has 108 valence electrons. The first-order valence-corrected chi connectivity index (χ1v) is 8.79. The Labute approximate surface area is 111 Å². The fraction of sp³-hybridized carbons (Fsp3) is 1.00. The van der Waals surface area contributed by atoms with Crippen LogP contribution in [0.2, 0.25) is 0 Å². The van der Waals surface area contributed by atoms with Gasteiger partial charge in [-0.2, -0.15) is 0 Å². The van der Waals surface area contributed by atoms with E-state index in [1.165, 1.54) is 19.3 Å². The van der Waals surface area contributed by atoms with E-state index in [-0.39, 0.29) is 11.7 Å². The Hall–Kier alpha value is -0.130. The Morgan fingerprint density at radius 2 is 1.94 bits per heavy atom. The van der Waals surface area contributed by atoms with Crippen molar-refractivity contribution >= 4 is 10.0 Å². The highest BCUT2D eigenvalue weighted by Gasteiger charge is 2.25. The van der Waals surface area contributed by atoms with Gasteiger partial charge in [0, 0.05) is 0 Å². The van der Waals surface area contributed by atoms with Crippen LogP contribution in [-0.2, 0) is 14.8 Å². The summed E-state index contributed by atoms with van der Waals surface area (Å²) in [6.45, 7) is 4.71. The second-order valence-corrected chi connectivity index (χ2v) is 7.09. The lowest BCUT2D eigenvalue weighted by Crippen LogP contribution is -2.32. The molecule has 3 atom stereocenters. The van der Waals surface area contributed by atoms with Crippen molar-refractivity contribution in [2.24, 2.45) is 17.0 Å². The largest absolute Gasteiger partial charge is 0.378 e. The second kappa shape index (κ2) is 7.46. The van der Waals surface area contributed by atoms with Crippen LogP contribution < -0.4 is 5.14 Å². The Balaban J connectivity index is 2.41. The Bertz CT molecular complexity index is 329. The molecule has 0 amide bonds. The van der Waals surface area contributed by atoms with Gasteiger partial charge in [-0.1, -0.05) is 39.5 Å². The van der Waals surface area contributed by atoms with E-state index in [2.05, 4.69) is 6.92 Å². The summed E-state index contributed by atoms with van der Waals surface area (Å²) in [5.74, 6) is 0.706. The molecule has 0 aromatic carbocycles. The molecule has 1 aliphatic rings. The Kier molecular flexibility index (Phi) is 6.60. The highest BCUT2D eigenvalue weighted by atomic mass is 32.2. The highest BCUT2D eigenvalue weighted by Crippen LogP contribution is 2.29. The van der Waals surface area contributed by atoms with Crippen molar-refractivity contribution in [3.63, 3.8) is 0 Å². The van der Waals surface area contributed by atoms with Gasteiger partial charge >= 0.3 is 0 Å². The number of nitrogens with two attached hydrogens (primary N) is 1. The lowest BCUT2D eigenvalue weighted by molar-refractivity contribution is -0.0256. The minimum Gasteiger partial charge on any atom is -0.378 e. The number of hydrogen-bond acceptors (Lipinski definition) is 3.